The zero-order valence-electron chi connectivity index (χ0n) is 9.63. The van der Waals surface area contributed by atoms with E-state index in [1.165, 1.54) is 10.5 Å². The predicted molar refractivity (Wildman–Crippen MR) is 75.0 cm³/mol. The monoisotopic (exact) mass is 265 g/mol. The lowest BCUT2D eigenvalue weighted by molar-refractivity contribution is 0.414. The molecule has 0 aliphatic carbocycles. The van der Waals surface area contributed by atoms with E-state index in [1.54, 1.807) is 30.2 Å². The summed E-state index contributed by atoms with van der Waals surface area (Å²) in [5.41, 5.74) is 7.13. The number of benzene rings is 1. The molecule has 1 unspecified atom stereocenters. The summed E-state index contributed by atoms with van der Waals surface area (Å²) in [6, 6.07) is 10.2. The van der Waals surface area contributed by atoms with Crippen LogP contribution >= 0.6 is 23.1 Å². The van der Waals surface area contributed by atoms with Gasteiger partial charge in [-0.1, -0.05) is 0 Å². The molecule has 0 radical (unpaired) electrons. The van der Waals surface area contributed by atoms with Crippen molar-refractivity contribution in [1.82, 2.24) is 0 Å². The summed E-state index contributed by atoms with van der Waals surface area (Å²) >= 11 is 3.50. The molecule has 0 spiro atoms. The lowest BCUT2D eigenvalue weighted by atomic mass is 10.2. The highest BCUT2D eigenvalue weighted by molar-refractivity contribution is 7.99. The van der Waals surface area contributed by atoms with Gasteiger partial charge in [-0.05, 0) is 46.7 Å². The van der Waals surface area contributed by atoms with Crippen molar-refractivity contribution in [3.63, 3.8) is 0 Å². The van der Waals surface area contributed by atoms with Crippen LogP contribution < -0.4 is 10.5 Å². The van der Waals surface area contributed by atoms with Crippen LogP contribution in [0.5, 0.6) is 5.75 Å². The maximum absolute atomic E-state index is 5.83. The summed E-state index contributed by atoms with van der Waals surface area (Å²) in [5.74, 6) is 0.884. The molecule has 2 rings (SSSR count). The van der Waals surface area contributed by atoms with Gasteiger partial charge in [0.1, 0.15) is 5.75 Å². The Morgan fingerprint density at radius 2 is 2.06 bits per heavy atom. The van der Waals surface area contributed by atoms with Gasteiger partial charge >= 0.3 is 0 Å². The molecule has 2 nitrogen and oxygen atoms in total. The predicted octanol–water partition coefficient (Wildman–Crippen LogP) is 3.55. The third kappa shape index (κ3) is 3.25. The van der Waals surface area contributed by atoms with Gasteiger partial charge in [-0.15, -0.1) is 11.8 Å². The third-order valence-electron chi connectivity index (χ3n) is 2.47. The largest absolute Gasteiger partial charge is 0.497 e. The van der Waals surface area contributed by atoms with Crippen LogP contribution in [-0.4, -0.2) is 13.7 Å². The molecule has 0 fully saturated rings. The molecule has 0 saturated heterocycles. The number of hydrogen-bond acceptors (Lipinski definition) is 4. The smallest absolute Gasteiger partial charge is 0.118 e. The molecule has 4 heteroatoms. The summed E-state index contributed by atoms with van der Waals surface area (Å²) in [7, 11) is 1.68. The second-order valence-corrected chi connectivity index (χ2v) is 5.63. The number of nitrogens with two attached hydrogens (primary N) is 1. The normalized spacial score (nSPS) is 12.4. The van der Waals surface area contributed by atoms with Gasteiger partial charge in [0.25, 0.3) is 0 Å². The number of thiophene rings is 1. The number of methoxy groups -OCH3 is 1. The highest BCUT2D eigenvalue weighted by Gasteiger charge is 2.11. The fraction of sp³-hybridized carbons (Fsp3) is 0.231. The Balaban J connectivity index is 2.07. The van der Waals surface area contributed by atoms with Gasteiger partial charge in [-0.25, -0.2) is 0 Å². The average molecular weight is 265 g/mol. The summed E-state index contributed by atoms with van der Waals surface area (Å²) in [4.78, 5) is 1.22. The van der Waals surface area contributed by atoms with Crippen LogP contribution in [0.1, 0.15) is 10.8 Å². The molecule has 0 aliphatic heterocycles. The van der Waals surface area contributed by atoms with Gasteiger partial charge < -0.3 is 10.5 Å². The van der Waals surface area contributed by atoms with Gasteiger partial charge in [0.05, 0.1) is 7.11 Å². The third-order valence-corrected chi connectivity index (χ3v) is 4.46. The van der Waals surface area contributed by atoms with Gasteiger partial charge in [-0.2, -0.15) is 11.3 Å². The van der Waals surface area contributed by atoms with Crippen molar-refractivity contribution in [3.05, 3.63) is 46.7 Å². The molecule has 1 atom stereocenters. The molecule has 2 aromatic rings. The standard InChI is InChI=1S/C13H15NOS2/c1-15-11-2-4-12(5-3-11)17-13(8-14)10-6-7-16-9-10/h2-7,9,13H,8,14H2,1H3. The Morgan fingerprint density at radius 3 is 2.59 bits per heavy atom. The molecular formula is C13H15NOS2. The van der Waals surface area contributed by atoms with Crippen molar-refractivity contribution in [2.75, 3.05) is 13.7 Å². The van der Waals surface area contributed by atoms with Crippen LogP contribution in [-0.2, 0) is 0 Å². The van der Waals surface area contributed by atoms with E-state index < -0.39 is 0 Å². The average Bonchev–Trinajstić information content (AvgIpc) is 2.90. The van der Waals surface area contributed by atoms with Crippen molar-refractivity contribution in [3.8, 4) is 5.75 Å². The molecule has 17 heavy (non-hydrogen) atoms. The summed E-state index contributed by atoms with van der Waals surface area (Å²) in [6.07, 6.45) is 0. The van der Waals surface area contributed by atoms with Gasteiger partial charge in [0, 0.05) is 16.7 Å². The second kappa shape index (κ2) is 6.10. The molecular weight excluding hydrogens is 250 g/mol. The van der Waals surface area contributed by atoms with E-state index in [4.69, 9.17) is 10.5 Å². The van der Waals surface area contributed by atoms with Gasteiger partial charge in [0.15, 0.2) is 0 Å². The fourth-order valence-electron chi connectivity index (χ4n) is 1.53. The van der Waals surface area contributed by atoms with Crippen molar-refractivity contribution in [2.45, 2.75) is 10.1 Å². The van der Waals surface area contributed by atoms with Crippen LogP contribution in [0.2, 0.25) is 0 Å². The van der Waals surface area contributed by atoms with E-state index in [0.29, 0.717) is 11.8 Å². The van der Waals surface area contributed by atoms with E-state index >= 15 is 0 Å². The van der Waals surface area contributed by atoms with E-state index in [2.05, 4.69) is 29.0 Å². The molecule has 0 aliphatic rings. The number of thioether (sulfide) groups is 1. The van der Waals surface area contributed by atoms with Gasteiger partial charge in [0.2, 0.25) is 0 Å². The van der Waals surface area contributed by atoms with Crippen molar-refractivity contribution < 1.29 is 4.74 Å². The maximum Gasteiger partial charge on any atom is 0.118 e. The second-order valence-electron chi connectivity index (χ2n) is 3.57. The first-order valence-corrected chi connectivity index (χ1v) is 7.18. The van der Waals surface area contributed by atoms with E-state index in [0.717, 1.165) is 5.75 Å². The van der Waals surface area contributed by atoms with Crippen molar-refractivity contribution >= 4 is 23.1 Å². The van der Waals surface area contributed by atoms with Crippen molar-refractivity contribution in [1.29, 1.82) is 0 Å². The Hall–Kier alpha value is -0.970. The van der Waals surface area contributed by atoms with E-state index in [9.17, 15) is 0 Å². The minimum Gasteiger partial charge on any atom is -0.497 e. The zero-order valence-corrected chi connectivity index (χ0v) is 11.3. The first-order chi connectivity index (χ1) is 8.33. The zero-order chi connectivity index (χ0) is 12.1. The minimum absolute atomic E-state index is 0.328. The molecule has 0 amide bonds. The highest BCUT2D eigenvalue weighted by Crippen LogP contribution is 2.35. The topological polar surface area (TPSA) is 35.2 Å². The van der Waals surface area contributed by atoms with Crippen LogP contribution in [0.3, 0.4) is 0 Å². The summed E-state index contributed by atoms with van der Waals surface area (Å²) < 4.78 is 5.14. The molecule has 2 N–H and O–H groups in total. The van der Waals surface area contributed by atoms with Gasteiger partial charge in [-0.3, -0.25) is 0 Å². The summed E-state index contributed by atoms with van der Waals surface area (Å²) in [6.45, 7) is 0.646. The van der Waals surface area contributed by atoms with E-state index in [1.807, 2.05) is 12.1 Å². The Bertz CT molecular complexity index is 439. The quantitative estimate of drug-likeness (QED) is 0.840. The maximum atomic E-state index is 5.83. The minimum atomic E-state index is 0.328. The Morgan fingerprint density at radius 1 is 1.29 bits per heavy atom. The molecule has 1 aromatic heterocycles. The molecule has 90 valence electrons. The van der Waals surface area contributed by atoms with E-state index in [-0.39, 0.29) is 0 Å². The highest BCUT2D eigenvalue weighted by atomic mass is 32.2. The van der Waals surface area contributed by atoms with Crippen LogP contribution in [0.15, 0.2) is 46.0 Å². The number of hydrogen-bond donors (Lipinski definition) is 1. The molecule has 0 bridgehead atoms. The van der Waals surface area contributed by atoms with Crippen LogP contribution in [0.4, 0.5) is 0 Å². The van der Waals surface area contributed by atoms with Crippen LogP contribution in [0, 0.1) is 0 Å². The summed E-state index contributed by atoms with van der Waals surface area (Å²) in [5, 5.41) is 4.58. The first kappa shape index (κ1) is 12.5. The molecule has 1 aromatic carbocycles. The SMILES string of the molecule is COc1ccc(SC(CN)c2ccsc2)cc1. The Labute approximate surface area is 110 Å². The lowest BCUT2D eigenvalue weighted by Gasteiger charge is -2.13. The lowest BCUT2D eigenvalue weighted by Crippen LogP contribution is -2.08. The number of ether oxygens (including phenoxy) is 1. The fourth-order valence-corrected chi connectivity index (χ4v) is 3.33. The molecule has 0 saturated carbocycles. The Kier molecular flexibility index (Phi) is 4.48. The van der Waals surface area contributed by atoms with Crippen LogP contribution in [0.25, 0.3) is 0 Å². The molecule has 1 heterocycles. The number of rotatable bonds is 5. The first-order valence-electron chi connectivity index (χ1n) is 5.36. The van der Waals surface area contributed by atoms with Crippen molar-refractivity contribution in [2.24, 2.45) is 5.73 Å².